The van der Waals surface area contributed by atoms with Gasteiger partial charge in [-0.2, -0.15) is 11.3 Å². The average molecular weight is 365 g/mol. The first-order chi connectivity index (χ1) is 12.7. The van der Waals surface area contributed by atoms with Crippen LogP contribution in [-0.4, -0.2) is 23.2 Å². The number of amides is 1. The second-order valence-electron chi connectivity index (χ2n) is 6.62. The van der Waals surface area contributed by atoms with Crippen molar-refractivity contribution in [2.75, 3.05) is 6.61 Å². The number of aliphatic hydroxyl groups excluding tert-OH is 1. The quantitative estimate of drug-likeness (QED) is 0.640. The molecular weight excluding hydrogens is 342 g/mol. The van der Waals surface area contributed by atoms with Crippen LogP contribution in [0, 0.1) is 0 Å². The molecule has 0 radical (unpaired) electrons. The lowest BCUT2D eigenvalue weighted by Crippen LogP contribution is -2.54. The van der Waals surface area contributed by atoms with Gasteiger partial charge in [0.05, 0.1) is 5.54 Å². The van der Waals surface area contributed by atoms with E-state index >= 15 is 0 Å². The molecule has 0 saturated carbocycles. The first-order valence-electron chi connectivity index (χ1n) is 8.70. The number of hydrogen-bond donors (Lipinski definition) is 2. The summed E-state index contributed by atoms with van der Waals surface area (Å²) in [4.78, 5) is 12.2. The second-order valence-corrected chi connectivity index (χ2v) is 7.40. The van der Waals surface area contributed by atoms with Gasteiger partial charge < -0.3 is 10.4 Å². The Kier molecular flexibility index (Phi) is 6.21. The van der Waals surface area contributed by atoms with E-state index in [0.717, 1.165) is 11.1 Å². The maximum atomic E-state index is 12.2. The van der Waals surface area contributed by atoms with Crippen LogP contribution in [0.4, 0.5) is 0 Å². The molecule has 26 heavy (non-hydrogen) atoms. The molecule has 3 nitrogen and oxygen atoms in total. The predicted octanol–water partition coefficient (Wildman–Crippen LogP) is 3.62. The van der Waals surface area contributed by atoms with Crippen molar-refractivity contribution < 1.29 is 9.90 Å². The first kappa shape index (κ1) is 18.4. The Morgan fingerprint density at radius 3 is 1.85 bits per heavy atom. The van der Waals surface area contributed by atoms with Crippen molar-refractivity contribution in [1.29, 1.82) is 0 Å². The van der Waals surface area contributed by atoms with Gasteiger partial charge in [-0.25, -0.2) is 0 Å². The minimum absolute atomic E-state index is 0.341. The van der Waals surface area contributed by atoms with Crippen LogP contribution < -0.4 is 5.32 Å². The summed E-state index contributed by atoms with van der Waals surface area (Å²) in [7, 11) is 0. The van der Waals surface area contributed by atoms with Gasteiger partial charge in [-0.3, -0.25) is 4.79 Å². The summed E-state index contributed by atoms with van der Waals surface area (Å²) < 4.78 is 0. The fraction of sp³-hybridized carbons (Fsp3) is 0.227. The highest BCUT2D eigenvalue weighted by molar-refractivity contribution is 7.07. The Bertz CT molecular complexity index is 759. The predicted molar refractivity (Wildman–Crippen MR) is 106 cm³/mol. The first-order valence-corrected chi connectivity index (χ1v) is 9.64. The van der Waals surface area contributed by atoms with E-state index < -0.39 is 12.1 Å². The van der Waals surface area contributed by atoms with Crippen LogP contribution in [-0.2, 0) is 24.1 Å². The van der Waals surface area contributed by atoms with Crippen LogP contribution >= 0.6 is 11.3 Å². The number of rotatable bonds is 8. The molecule has 1 amide bonds. The summed E-state index contributed by atoms with van der Waals surface area (Å²) in [6.07, 6.45) is 2.11. The third kappa shape index (κ3) is 5.04. The number of hydrogen-bond acceptors (Lipinski definition) is 3. The largest absolute Gasteiger partial charge is 0.387 e. The smallest absolute Gasteiger partial charge is 0.246 e. The van der Waals surface area contributed by atoms with Crippen LogP contribution in [0.25, 0.3) is 0 Å². The van der Waals surface area contributed by atoms with E-state index in [4.69, 9.17) is 0 Å². The van der Waals surface area contributed by atoms with E-state index in [9.17, 15) is 9.90 Å². The summed E-state index contributed by atoms with van der Waals surface area (Å²) in [6.45, 7) is -0.505. The van der Waals surface area contributed by atoms with Crippen molar-refractivity contribution in [2.24, 2.45) is 0 Å². The molecule has 0 aliphatic rings. The fourth-order valence-corrected chi connectivity index (χ4v) is 4.08. The van der Waals surface area contributed by atoms with Gasteiger partial charge in [-0.05, 0) is 52.8 Å². The number of aliphatic hydroxyl groups is 1. The highest BCUT2D eigenvalue weighted by Crippen LogP contribution is 2.25. The molecule has 0 spiro atoms. The third-order valence-electron chi connectivity index (χ3n) is 4.44. The Hall–Kier alpha value is -2.43. The minimum Gasteiger partial charge on any atom is -0.387 e. The molecule has 0 aliphatic carbocycles. The minimum atomic E-state index is -0.505. The molecule has 2 N–H and O–H groups in total. The zero-order chi connectivity index (χ0) is 18.2. The zero-order valence-corrected chi connectivity index (χ0v) is 15.4. The molecule has 1 aromatic heterocycles. The molecule has 3 rings (SSSR count). The zero-order valence-electron chi connectivity index (χ0n) is 14.6. The van der Waals surface area contributed by atoms with Crippen LogP contribution in [0.15, 0.2) is 77.5 Å². The summed E-state index contributed by atoms with van der Waals surface area (Å²) >= 11 is 1.66. The lowest BCUT2D eigenvalue weighted by molar-refractivity contribution is -0.125. The Morgan fingerprint density at radius 1 is 0.846 bits per heavy atom. The Balaban J connectivity index is 1.97. The number of carbonyl (C=O) groups is 1. The average Bonchev–Trinajstić information content (AvgIpc) is 3.16. The number of thiophene rings is 1. The lowest BCUT2D eigenvalue weighted by atomic mass is 9.80. The maximum Gasteiger partial charge on any atom is 0.246 e. The van der Waals surface area contributed by atoms with Crippen molar-refractivity contribution in [2.45, 2.75) is 24.8 Å². The molecule has 0 fully saturated rings. The molecule has 0 unspecified atom stereocenters. The lowest BCUT2D eigenvalue weighted by Gasteiger charge is -2.35. The topological polar surface area (TPSA) is 49.3 Å². The van der Waals surface area contributed by atoms with E-state index in [1.165, 1.54) is 5.56 Å². The molecular formula is C22H23NO2S. The van der Waals surface area contributed by atoms with Crippen molar-refractivity contribution in [3.63, 3.8) is 0 Å². The van der Waals surface area contributed by atoms with Gasteiger partial charge in [0, 0.05) is 0 Å². The molecule has 0 atom stereocenters. The van der Waals surface area contributed by atoms with Crippen molar-refractivity contribution in [3.8, 4) is 0 Å². The van der Waals surface area contributed by atoms with E-state index in [1.807, 2.05) is 36.4 Å². The Labute approximate surface area is 158 Å². The molecule has 3 aromatic rings. The van der Waals surface area contributed by atoms with E-state index in [-0.39, 0.29) is 5.91 Å². The highest BCUT2D eigenvalue weighted by atomic mass is 32.1. The molecule has 134 valence electrons. The van der Waals surface area contributed by atoms with Crippen LogP contribution in [0.3, 0.4) is 0 Å². The van der Waals surface area contributed by atoms with Gasteiger partial charge >= 0.3 is 0 Å². The highest BCUT2D eigenvalue weighted by Gasteiger charge is 2.33. The standard InChI is InChI=1S/C22H23NO2S/c24-16-21(25)23-22(15-20-11-12-26-17-20,13-18-7-3-1-4-8-18)14-19-9-5-2-6-10-19/h1-12,17,24H,13-16H2,(H,23,25). The maximum absolute atomic E-state index is 12.2. The van der Waals surface area contributed by atoms with Crippen molar-refractivity contribution in [1.82, 2.24) is 5.32 Å². The SMILES string of the molecule is O=C(CO)NC(Cc1ccccc1)(Cc1ccccc1)Cc1ccsc1. The van der Waals surface area contributed by atoms with Crippen molar-refractivity contribution >= 4 is 17.2 Å². The summed E-state index contributed by atoms with van der Waals surface area (Å²) in [5.41, 5.74) is 3.03. The molecule has 1 heterocycles. The van der Waals surface area contributed by atoms with E-state index in [1.54, 1.807) is 11.3 Å². The van der Waals surface area contributed by atoms with Crippen LogP contribution in [0.2, 0.25) is 0 Å². The summed E-state index contributed by atoms with van der Waals surface area (Å²) in [5.74, 6) is -0.341. The molecule has 0 saturated heterocycles. The number of nitrogens with one attached hydrogen (secondary N) is 1. The summed E-state index contributed by atoms with van der Waals surface area (Å²) in [5, 5.41) is 16.7. The monoisotopic (exact) mass is 365 g/mol. The van der Waals surface area contributed by atoms with Gasteiger partial charge in [0.2, 0.25) is 5.91 Å². The van der Waals surface area contributed by atoms with Crippen molar-refractivity contribution in [3.05, 3.63) is 94.2 Å². The second kappa shape index (κ2) is 8.79. The van der Waals surface area contributed by atoms with Crippen LogP contribution in [0.1, 0.15) is 16.7 Å². The molecule has 2 aromatic carbocycles. The molecule has 4 heteroatoms. The van der Waals surface area contributed by atoms with Crippen LogP contribution in [0.5, 0.6) is 0 Å². The number of benzene rings is 2. The van der Waals surface area contributed by atoms with Gasteiger partial charge in [0.15, 0.2) is 0 Å². The van der Waals surface area contributed by atoms with Gasteiger partial charge in [-0.15, -0.1) is 0 Å². The number of carbonyl (C=O) groups excluding carboxylic acids is 1. The van der Waals surface area contributed by atoms with Gasteiger partial charge in [-0.1, -0.05) is 60.7 Å². The Morgan fingerprint density at radius 2 is 1.38 bits per heavy atom. The van der Waals surface area contributed by atoms with Gasteiger partial charge in [0.1, 0.15) is 6.61 Å². The third-order valence-corrected chi connectivity index (χ3v) is 5.17. The normalized spacial score (nSPS) is 11.3. The van der Waals surface area contributed by atoms with E-state index in [2.05, 4.69) is 46.4 Å². The molecule has 0 bridgehead atoms. The van der Waals surface area contributed by atoms with Gasteiger partial charge in [0.25, 0.3) is 0 Å². The molecule has 0 aliphatic heterocycles. The van der Waals surface area contributed by atoms with E-state index in [0.29, 0.717) is 19.3 Å². The summed E-state index contributed by atoms with van der Waals surface area (Å²) in [6, 6.07) is 22.5. The fourth-order valence-electron chi connectivity index (χ4n) is 3.41.